The number of aromatic nitrogens is 3. The predicted molar refractivity (Wildman–Crippen MR) is 229 cm³/mol. The van der Waals surface area contributed by atoms with Gasteiger partial charge in [-0.2, -0.15) is 0 Å². The summed E-state index contributed by atoms with van der Waals surface area (Å²) in [4.78, 5) is 52.9. The quantitative estimate of drug-likeness (QED) is 0.177. The molecule has 5 aliphatic heterocycles. The van der Waals surface area contributed by atoms with E-state index in [4.69, 9.17) is 15.2 Å². The van der Waals surface area contributed by atoms with Crippen molar-refractivity contribution in [3.05, 3.63) is 78.6 Å². The van der Waals surface area contributed by atoms with Gasteiger partial charge >= 0.3 is 0 Å². The van der Waals surface area contributed by atoms with Gasteiger partial charge in [0.15, 0.2) is 11.9 Å². The minimum Gasteiger partial charge on any atom is -0.507 e. The normalized spacial score (nSPS) is 22.6. The second-order valence-corrected chi connectivity index (χ2v) is 16.8. The molecule has 5 aliphatic rings. The van der Waals surface area contributed by atoms with Crippen LogP contribution in [0.3, 0.4) is 0 Å². The van der Waals surface area contributed by atoms with Gasteiger partial charge < -0.3 is 35.0 Å². The van der Waals surface area contributed by atoms with Crippen LogP contribution in [0.4, 0.5) is 17.2 Å². The van der Waals surface area contributed by atoms with Crippen molar-refractivity contribution in [2.45, 2.75) is 62.6 Å². The Morgan fingerprint density at radius 2 is 1.62 bits per heavy atom. The average Bonchev–Trinajstić information content (AvgIpc) is 3.54. The molecule has 0 spiro atoms. The molecule has 3 unspecified atom stereocenters. The molecule has 4 N–H and O–H groups in total. The predicted octanol–water partition coefficient (Wildman–Crippen LogP) is 3.27. The molecular formula is C45H54N10O6. The van der Waals surface area contributed by atoms with E-state index in [0.29, 0.717) is 73.5 Å². The summed E-state index contributed by atoms with van der Waals surface area (Å²) in [6.07, 6.45) is 5.63. The first kappa shape index (κ1) is 40.4. The topological polar surface area (TPSA) is 183 Å². The molecule has 3 amide bonds. The number of fused-ring (bicyclic) bond motifs is 2. The van der Waals surface area contributed by atoms with Crippen LogP contribution in [0.2, 0.25) is 0 Å². The van der Waals surface area contributed by atoms with Gasteiger partial charge in [-0.05, 0) is 81.2 Å². The standard InChI is InChI=1S/C45H54N10O6/c46-44-39(25-38(49-50-44)36-6-1-2-7-40(36)56)54-27-32-8-9-33(28-54)55(32)31-4-3-5-34(24-31)60-23-22-51-18-20-53(21-19-51)43(58)29-52-16-14-30(15-17-52)37-11-10-35(26-47-37)61-41-12-13-42(57)48-45(41)59/h1-7,10-11,24-26,30,32-33,41,56H,8-9,12-23,27-29H2,(H2,46,50)(H,48,57,59). The summed E-state index contributed by atoms with van der Waals surface area (Å²) in [5.41, 5.74) is 10.6. The summed E-state index contributed by atoms with van der Waals surface area (Å²) in [5, 5.41) is 21.3. The number of rotatable bonds is 12. The van der Waals surface area contributed by atoms with Crippen molar-refractivity contribution < 1.29 is 29.0 Å². The van der Waals surface area contributed by atoms with Gasteiger partial charge in [0, 0.05) is 99.7 Å². The number of imide groups is 1. The molecule has 3 atom stereocenters. The highest BCUT2D eigenvalue weighted by atomic mass is 16.5. The molecule has 5 fully saturated rings. The van der Waals surface area contributed by atoms with Crippen molar-refractivity contribution in [3.8, 4) is 28.5 Å². The number of amides is 3. The number of carbonyl (C=O) groups excluding carboxylic acids is 3. The first-order valence-corrected chi connectivity index (χ1v) is 21.6. The molecule has 9 rings (SSSR count). The van der Waals surface area contributed by atoms with Gasteiger partial charge in [-0.1, -0.05) is 18.2 Å². The van der Waals surface area contributed by atoms with E-state index in [2.05, 4.69) is 58.3 Å². The van der Waals surface area contributed by atoms with E-state index in [-0.39, 0.29) is 24.0 Å². The Kier molecular flexibility index (Phi) is 11.9. The van der Waals surface area contributed by atoms with Crippen LogP contribution < -0.4 is 30.3 Å². The Balaban J connectivity index is 0.693. The number of carbonyl (C=O) groups is 3. The Morgan fingerprint density at radius 1 is 0.836 bits per heavy atom. The van der Waals surface area contributed by atoms with Crippen LogP contribution >= 0.6 is 0 Å². The number of phenols is 1. The number of aromatic hydroxyl groups is 1. The molecule has 0 saturated carbocycles. The molecule has 0 radical (unpaired) electrons. The van der Waals surface area contributed by atoms with E-state index in [0.717, 1.165) is 88.6 Å². The van der Waals surface area contributed by atoms with Crippen molar-refractivity contribution in [1.82, 2.24) is 35.2 Å². The maximum absolute atomic E-state index is 13.3. The van der Waals surface area contributed by atoms with E-state index >= 15 is 0 Å². The summed E-state index contributed by atoms with van der Waals surface area (Å²) in [7, 11) is 0. The zero-order valence-corrected chi connectivity index (χ0v) is 34.4. The third-order valence-electron chi connectivity index (χ3n) is 12.9. The molecule has 5 saturated heterocycles. The van der Waals surface area contributed by atoms with Crippen molar-refractivity contribution in [1.29, 1.82) is 0 Å². The van der Waals surface area contributed by atoms with Crippen LogP contribution in [0.5, 0.6) is 17.2 Å². The number of anilines is 3. The molecule has 2 aromatic heterocycles. The van der Waals surface area contributed by atoms with Crippen LogP contribution in [0, 0.1) is 0 Å². The fourth-order valence-corrected chi connectivity index (χ4v) is 9.57. The summed E-state index contributed by atoms with van der Waals surface area (Å²) in [6, 6.07) is 22.0. The maximum Gasteiger partial charge on any atom is 0.267 e. The summed E-state index contributed by atoms with van der Waals surface area (Å²) >= 11 is 0. The fourth-order valence-electron chi connectivity index (χ4n) is 9.57. The lowest BCUT2D eigenvalue weighted by Crippen LogP contribution is -2.54. The maximum atomic E-state index is 13.3. The number of nitrogens with two attached hydrogens (primary N) is 1. The van der Waals surface area contributed by atoms with E-state index in [1.165, 1.54) is 5.69 Å². The van der Waals surface area contributed by atoms with Gasteiger partial charge in [-0.15, -0.1) is 10.2 Å². The average molecular weight is 831 g/mol. The third kappa shape index (κ3) is 9.20. The summed E-state index contributed by atoms with van der Waals surface area (Å²) < 4.78 is 12.1. The molecule has 4 aromatic rings. The zero-order chi connectivity index (χ0) is 41.9. The SMILES string of the molecule is Nc1nnc(-c2ccccc2O)cc1N1CC2CCC(C1)N2c1cccc(OCCN2CCN(C(=O)CN3CCC(c4ccc(OC5CCC(=O)NC5=O)cn4)CC3)CC2)c1. The van der Waals surface area contributed by atoms with Crippen LogP contribution in [0.25, 0.3) is 11.3 Å². The van der Waals surface area contributed by atoms with E-state index in [9.17, 15) is 19.5 Å². The number of pyridine rings is 1. The van der Waals surface area contributed by atoms with Gasteiger partial charge in [-0.3, -0.25) is 34.5 Å². The lowest BCUT2D eigenvalue weighted by Gasteiger charge is -2.43. The van der Waals surface area contributed by atoms with Gasteiger partial charge in [-0.25, -0.2) is 0 Å². The van der Waals surface area contributed by atoms with E-state index in [1.54, 1.807) is 18.3 Å². The Hall–Kier alpha value is -6.00. The second kappa shape index (κ2) is 17.9. The molecule has 7 heterocycles. The van der Waals surface area contributed by atoms with E-state index in [1.807, 2.05) is 41.3 Å². The molecule has 2 bridgehead atoms. The van der Waals surface area contributed by atoms with Crippen molar-refractivity contribution in [2.75, 3.05) is 87.6 Å². The molecule has 0 aliphatic carbocycles. The highest BCUT2D eigenvalue weighted by molar-refractivity contribution is 5.99. The van der Waals surface area contributed by atoms with Crippen LogP contribution in [-0.2, 0) is 14.4 Å². The van der Waals surface area contributed by atoms with Gasteiger partial charge in [0.2, 0.25) is 11.8 Å². The number of para-hydroxylation sites is 1. The number of ether oxygens (including phenoxy) is 2. The van der Waals surface area contributed by atoms with Crippen molar-refractivity contribution >= 4 is 34.9 Å². The number of hydrogen-bond acceptors (Lipinski definition) is 14. The van der Waals surface area contributed by atoms with Crippen molar-refractivity contribution in [2.24, 2.45) is 0 Å². The number of nitrogens with one attached hydrogen (secondary N) is 1. The van der Waals surface area contributed by atoms with Gasteiger partial charge in [0.1, 0.15) is 23.9 Å². The van der Waals surface area contributed by atoms with Crippen LogP contribution in [0.15, 0.2) is 72.9 Å². The molecule has 2 aromatic carbocycles. The Bertz CT molecular complexity index is 2200. The first-order chi connectivity index (χ1) is 29.7. The number of benzene rings is 2. The summed E-state index contributed by atoms with van der Waals surface area (Å²) in [5.74, 6) is 1.75. The number of likely N-dealkylation sites (tertiary alicyclic amines) is 1. The van der Waals surface area contributed by atoms with E-state index < -0.39 is 12.0 Å². The first-order valence-electron chi connectivity index (χ1n) is 21.6. The fraction of sp³-hybridized carbons (Fsp3) is 0.467. The smallest absolute Gasteiger partial charge is 0.267 e. The minimum absolute atomic E-state index is 0.164. The zero-order valence-electron chi connectivity index (χ0n) is 34.4. The molecule has 320 valence electrons. The number of phenolic OH excluding ortho intramolecular Hbond substituents is 1. The highest BCUT2D eigenvalue weighted by Crippen LogP contribution is 2.40. The van der Waals surface area contributed by atoms with Gasteiger partial charge in [0.25, 0.3) is 5.91 Å². The van der Waals surface area contributed by atoms with Crippen molar-refractivity contribution in [3.63, 3.8) is 0 Å². The molecule has 16 heteroatoms. The largest absolute Gasteiger partial charge is 0.507 e. The van der Waals surface area contributed by atoms with Crippen LogP contribution in [-0.4, -0.2) is 143 Å². The third-order valence-corrected chi connectivity index (χ3v) is 12.9. The van der Waals surface area contributed by atoms with Gasteiger partial charge in [0.05, 0.1) is 24.1 Å². The number of nitrogens with zero attached hydrogens (tertiary/aromatic N) is 8. The Labute approximate surface area is 355 Å². The second-order valence-electron chi connectivity index (χ2n) is 16.8. The monoisotopic (exact) mass is 830 g/mol. The number of piperidine rings is 2. The lowest BCUT2D eigenvalue weighted by molar-refractivity contribution is -0.139. The molecule has 16 nitrogen and oxygen atoms in total. The number of nitrogen functional groups attached to an aromatic ring is 1. The van der Waals surface area contributed by atoms with Crippen LogP contribution in [0.1, 0.15) is 50.1 Å². The summed E-state index contributed by atoms with van der Waals surface area (Å²) in [6.45, 7) is 8.19. The Morgan fingerprint density at radius 3 is 2.36 bits per heavy atom. The number of hydrogen-bond donors (Lipinski definition) is 3. The number of piperazine rings is 2. The highest BCUT2D eigenvalue weighted by Gasteiger charge is 2.41. The lowest BCUT2D eigenvalue weighted by atomic mass is 9.93. The molecular weight excluding hydrogens is 777 g/mol. The minimum atomic E-state index is -0.679. The molecule has 61 heavy (non-hydrogen) atoms.